The number of amides is 2. The third kappa shape index (κ3) is 4.63. The monoisotopic (exact) mass is 252 g/mol. The van der Waals surface area contributed by atoms with Crippen LogP contribution >= 0.6 is 0 Å². The fourth-order valence-electron chi connectivity index (χ4n) is 1.43. The molecule has 1 rings (SSSR count). The van der Waals surface area contributed by atoms with Crippen LogP contribution in [0.5, 0.6) is 5.75 Å². The summed E-state index contributed by atoms with van der Waals surface area (Å²) in [6.45, 7) is 4.37. The molecule has 1 atom stereocenters. The lowest BCUT2D eigenvalue weighted by molar-refractivity contribution is 0.222. The number of carbonyl (C=O) groups is 1. The zero-order chi connectivity index (χ0) is 13.4. The molecule has 18 heavy (non-hydrogen) atoms. The van der Waals surface area contributed by atoms with Gasteiger partial charge < -0.3 is 20.5 Å². The Bertz CT molecular complexity index is 361. The Kier molecular flexibility index (Phi) is 6.00. The second-order valence-electron chi connectivity index (χ2n) is 3.84. The van der Waals surface area contributed by atoms with E-state index < -0.39 is 0 Å². The van der Waals surface area contributed by atoms with Crippen molar-refractivity contribution in [3.05, 3.63) is 24.3 Å². The van der Waals surface area contributed by atoms with Gasteiger partial charge >= 0.3 is 6.03 Å². The predicted octanol–water partition coefficient (Wildman–Crippen LogP) is 1.98. The first-order valence-corrected chi connectivity index (χ1v) is 6.10. The largest absolute Gasteiger partial charge is 0.494 e. The molecule has 0 aliphatic rings. The number of rotatable bonds is 6. The molecule has 5 nitrogen and oxygen atoms in total. The molecule has 0 radical (unpaired) electrons. The maximum Gasteiger partial charge on any atom is 0.319 e. The lowest BCUT2D eigenvalue weighted by atomic mass is 10.2. The second-order valence-corrected chi connectivity index (χ2v) is 3.84. The molecule has 0 aromatic heterocycles. The smallest absolute Gasteiger partial charge is 0.319 e. The number of ether oxygens (including phenoxy) is 1. The van der Waals surface area contributed by atoms with Crippen LogP contribution in [-0.4, -0.2) is 30.4 Å². The first kappa shape index (κ1) is 14.3. The molecule has 5 heteroatoms. The molecule has 0 fully saturated rings. The number of aliphatic hydroxyl groups excluding tert-OH is 1. The Balaban J connectivity index is 2.48. The van der Waals surface area contributed by atoms with Crippen molar-refractivity contribution in [2.45, 2.75) is 26.3 Å². The Hall–Kier alpha value is -1.75. The van der Waals surface area contributed by atoms with Crippen LogP contribution in [0.4, 0.5) is 10.5 Å². The van der Waals surface area contributed by atoms with Gasteiger partial charge in [-0.05, 0) is 37.6 Å². The van der Waals surface area contributed by atoms with Gasteiger partial charge in [0.05, 0.1) is 19.3 Å². The van der Waals surface area contributed by atoms with Gasteiger partial charge in [0.15, 0.2) is 0 Å². The maximum atomic E-state index is 11.6. The summed E-state index contributed by atoms with van der Waals surface area (Å²) in [5.41, 5.74) is 0.684. The van der Waals surface area contributed by atoms with Crippen molar-refractivity contribution in [1.82, 2.24) is 5.32 Å². The molecule has 100 valence electrons. The summed E-state index contributed by atoms with van der Waals surface area (Å²) >= 11 is 0. The molecule has 0 saturated heterocycles. The molecule has 1 aromatic carbocycles. The van der Waals surface area contributed by atoms with E-state index in [4.69, 9.17) is 9.84 Å². The third-order valence-electron chi connectivity index (χ3n) is 2.47. The van der Waals surface area contributed by atoms with Gasteiger partial charge in [-0.1, -0.05) is 6.92 Å². The minimum absolute atomic E-state index is 0.0623. The van der Waals surface area contributed by atoms with Gasteiger partial charge in [0.2, 0.25) is 0 Å². The average molecular weight is 252 g/mol. The van der Waals surface area contributed by atoms with Crippen molar-refractivity contribution < 1.29 is 14.6 Å². The molecule has 0 heterocycles. The SMILES string of the molecule is CCOc1ccc(NC(=O)NC(CC)CO)cc1. The van der Waals surface area contributed by atoms with Crippen molar-refractivity contribution in [3.63, 3.8) is 0 Å². The Morgan fingerprint density at radius 2 is 2.00 bits per heavy atom. The topological polar surface area (TPSA) is 70.6 Å². The van der Waals surface area contributed by atoms with E-state index in [9.17, 15) is 4.79 Å². The fourth-order valence-corrected chi connectivity index (χ4v) is 1.43. The summed E-state index contributed by atoms with van der Waals surface area (Å²) < 4.78 is 5.30. The van der Waals surface area contributed by atoms with E-state index in [2.05, 4.69) is 10.6 Å². The molecule has 1 unspecified atom stereocenters. The second kappa shape index (κ2) is 7.55. The van der Waals surface area contributed by atoms with E-state index >= 15 is 0 Å². The molecule has 0 saturated carbocycles. The van der Waals surface area contributed by atoms with Crippen molar-refractivity contribution in [1.29, 1.82) is 0 Å². The van der Waals surface area contributed by atoms with E-state index in [0.29, 0.717) is 18.7 Å². The number of hydrogen-bond donors (Lipinski definition) is 3. The van der Waals surface area contributed by atoms with E-state index in [1.165, 1.54) is 0 Å². The van der Waals surface area contributed by atoms with Crippen molar-refractivity contribution in [2.24, 2.45) is 0 Å². The van der Waals surface area contributed by atoms with Gasteiger partial charge in [0, 0.05) is 5.69 Å². The molecular weight excluding hydrogens is 232 g/mol. The highest BCUT2D eigenvalue weighted by atomic mass is 16.5. The predicted molar refractivity (Wildman–Crippen MR) is 70.9 cm³/mol. The molecular formula is C13H20N2O3. The normalized spacial score (nSPS) is 11.7. The minimum Gasteiger partial charge on any atom is -0.494 e. The number of carbonyl (C=O) groups excluding carboxylic acids is 1. The number of benzene rings is 1. The van der Waals surface area contributed by atoms with Gasteiger partial charge in [-0.25, -0.2) is 4.79 Å². The number of nitrogens with one attached hydrogen (secondary N) is 2. The Morgan fingerprint density at radius 3 is 2.50 bits per heavy atom. The number of urea groups is 1. The van der Waals surface area contributed by atoms with Crippen LogP contribution in [-0.2, 0) is 0 Å². The van der Waals surface area contributed by atoms with Crippen molar-refractivity contribution >= 4 is 11.7 Å². The van der Waals surface area contributed by atoms with E-state index in [-0.39, 0.29) is 18.7 Å². The fraction of sp³-hybridized carbons (Fsp3) is 0.462. The summed E-state index contributed by atoms with van der Waals surface area (Å²) in [5, 5.41) is 14.3. The zero-order valence-corrected chi connectivity index (χ0v) is 10.8. The van der Waals surface area contributed by atoms with Gasteiger partial charge in [-0.15, -0.1) is 0 Å². The highest BCUT2D eigenvalue weighted by Crippen LogP contribution is 2.15. The lowest BCUT2D eigenvalue weighted by Crippen LogP contribution is -2.39. The Labute approximate surface area is 107 Å². The highest BCUT2D eigenvalue weighted by Gasteiger charge is 2.08. The average Bonchev–Trinajstić information content (AvgIpc) is 2.38. The van der Waals surface area contributed by atoms with Crippen molar-refractivity contribution in [2.75, 3.05) is 18.5 Å². The molecule has 2 amide bonds. The van der Waals surface area contributed by atoms with E-state index in [1.54, 1.807) is 24.3 Å². The van der Waals surface area contributed by atoms with Crippen LogP contribution in [0.1, 0.15) is 20.3 Å². The zero-order valence-electron chi connectivity index (χ0n) is 10.8. The summed E-state index contributed by atoms with van der Waals surface area (Å²) in [6, 6.07) is 6.59. The molecule has 0 aliphatic carbocycles. The maximum absolute atomic E-state index is 11.6. The Morgan fingerprint density at radius 1 is 1.33 bits per heavy atom. The number of aliphatic hydroxyl groups is 1. The van der Waals surface area contributed by atoms with Crippen LogP contribution in [0.2, 0.25) is 0 Å². The van der Waals surface area contributed by atoms with Crippen LogP contribution < -0.4 is 15.4 Å². The summed E-state index contributed by atoms with van der Waals surface area (Å²) in [5.74, 6) is 0.769. The molecule has 0 bridgehead atoms. The highest BCUT2D eigenvalue weighted by molar-refractivity contribution is 5.89. The summed E-state index contributed by atoms with van der Waals surface area (Å²) in [4.78, 5) is 11.6. The first-order valence-electron chi connectivity index (χ1n) is 6.10. The molecule has 0 aliphatic heterocycles. The molecule has 0 spiro atoms. The van der Waals surface area contributed by atoms with Crippen LogP contribution in [0.15, 0.2) is 24.3 Å². The van der Waals surface area contributed by atoms with Crippen LogP contribution in [0.3, 0.4) is 0 Å². The minimum atomic E-state index is -0.319. The quantitative estimate of drug-likeness (QED) is 0.725. The van der Waals surface area contributed by atoms with Gasteiger partial charge in [-0.3, -0.25) is 0 Å². The van der Waals surface area contributed by atoms with E-state index in [0.717, 1.165) is 5.75 Å². The first-order chi connectivity index (χ1) is 8.69. The van der Waals surface area contributed by atoms with Gasteiger partial charge in [0.25, 0.3) is 0 Å². The number of anilines is 1. The molecule has 1 aromatic rings. The lowest BCUT2D eigenvalue weighted by Gasteiger charge is -2.14. The standard InChI is InChI=1S/C13H20N2O3/c1-3-10(9-16)14-13(17)15-11-5-7-12(8-6-11)18-4-2/h5-8,10,16H,3-4,9H2,1-2H3,(H2,14,15,17). The van der Waals surface area contributed by atoms with Crippen LogP contribution in [0, 0.1) is 0 Å². The summed E-state index contributed by atoms with van der Waals surface area (Å²) in [6.07, 6.45) is 0.688. The third-order valence-corrected chi connectivity index (χ3v) is 2.47. The number of hydrogen-bond acceptors (Lipinski definition) is 3. The van der Waals surface area contributed by atoms with Crippen molar-refractivity contribution in [3.8, 4) is 5.75 Å². The van der Waals surface area contributed by atoms with Crippen LogP contribution in [0.25, 0.3) is 0 Å². The molecule has 3 N–H and O–H groups in total. The van der Waals surface area contributed by atoms with Gasteiger partial charge in [-0.2, -0.15) is 0 Å². The van der Waals surface area contributed by atoms with Gasteiger partial charge in [0.1, 0.15) is 5.75 Å². The summed E-state index contributed by atoms with van der Waals surface area (Å²) in [7, 11) is 0. The van der Waals surface area contributed by atoms with E-state index in [1.807, 2.05) is 13.8 Å².